The van der Waals surface area contributed by atoms with Crippen molar-refractivity contribution in [1.29, 1.82) is 0 Å². The molecule has 0 radical (unpaired) electrons. The maximum Gasteiger partial charge on any atom is 0.251 e. The van der Waals surface area contributed by atoms with Crippen molar-refractivity contribution < 1.29 is 13.2 Å². The molecule has 1 aromatic carbocycles. The Labute approximate surface area is 114 Å². The van der Waals surface area contributed by atoms with E-state index in [9.17, 15) is 13.2 Å². The molecule has 2 rings (SSSR count). The summed E-state index contributed by atoms with van der Waals surface area (Å²) in [4.78, 5) is 12.0. The molecule has 0 aliphatic carbocycles. The maximum absolute atomic E-state index is 12.0. The summed E-state index contributed by atoms with van der Waals surface area (Å²) in [6, 6.07) is 5.57. The standard InChI is InChI=1S/C14H19NO3S/c1-10-3-4-13(7-11(10)2)14(16)15-8-12-5-6-19(17,18)9-12/h3-4,7,12H,5-6,8-9H2,1-2H3,(H,15,16)/t12-/m0/s1. The van der Waals surface area contributed by atoms with Gasteiger partial charge in [0.05, 0.1) is 11.5 Å². The van der Waals surface area contributed by atoms with Crippen molar-refractivity contribution in [3.05, 3.63) is 34.9 Å². The molecule has 1 aliphatic rings. The Hall–Kier alpha value is -1.36. The molecule has 1 saturated heterocycles. The lowest BCUT2D eigenvalue weighted by Crippen LogP contribution is -2.29. The zero-order valence-electron chi connectivity index (χ0n) is 11.3. The molecule has 5 heteroatoms. The Morgan fingerprint density at radius 2 is 2.05 bits per heavy atom. The van der Waals surface area contributed by atoms with E-state index in [2.05, 4.69) is 5.32 Å². The van der Waals surface area contributed by atoms with Crippen molar-refractivity contribution in [1.82, 2.24) is 5.32 Å². The molecule has 1 aromatic rings. The highest BCUT2D eigenvalue weighted by Crippen LogP contribution is 2.17. The van der Waals surface area contributed by atoms with Crippen LogP contribution in [0.4, 0.5) is 0 Å². The van der Waals surface area contributed by atoms with E-state index >= 15 is 0 Å². The van der Waals surface area contributed by atoms with Crippen LogP contribution in [0.5, 0.6) is 0 Å². The molecule has 1 aliphatic heterocycles. The molecule has 0 spiro atoms. The van der Waals surface area contributed by atoms with Gasteiger partial charge in [-0.25, -0.2) is 8.42 Å². The van der Waals surface area contributed by atoms with E-state index in [1.54, 1.807) is 6.07 Å². The SMILES string of the molecule is Cc1ccc(C(=O)NC[C@@H]2CCS(=O)(=O)C2)cc1C. The third-order valence-electron chi connectivity index (χ3n) is 3.65. The normalized spacial score (nSPS) is 21.3. The number of carbonyl (C=O) groups is 1. The first-order chi connectivity index (χ1) is 8.87. The largest absolute Gasteiger partial charge is 0.352 e. The highest BCUT2D eigenvalue weighted by atomic mass is 32.2. The van der Waals surface area contributed by atoms with E-state index in [1.807, 2.05) is 26.0 Å². The van der Waals surface area contributed by atoms with Gasteiger partial charge in [0.2, 0.25) is 0 Å². The van der Waals surface area contributed by atoms with E-state index in [0.717, 1.165) is 11.1 Å². The molecule has 0 unspecified atom stereocenters. The second-order valence-electron chi connectivity index (χ2n) is 5.28. The van der Waals surface area contributed by atoms with Gasteiger partial charge in [0.15, 0.2) is 9.84 Å². The Morgan fingerprint density at radius 3 is 2.63 bits per heavy atom. The number of nitrogens with one attached hydrogen (secondary N) is 1. The molecule has 1 N–H and O–H groups in total. The highest BCUT2D eigenvalue weighted by molar-refractivity contribution is 7.91. The Bertz CT molecular complexity index is 593. The molecule has 1 heterocycles. The number of sulfone groups is 1. The minimum absolute atomic E-state index is 0.0560. The van der Waals surface area contributed by atoms with Crippen LogP contribution in [0.25, 0.3) is 0 Å². The van der Waals surface area contributed by atoms with Crippen LogP contribution in [0.2, 0.25) is 0 Å². The molecular weight excluding hydrogens is 262 g/mol. The lowest BCUT2D eigenvalue weighted by molar-refractivity contribution is 0.0948. The molecule has 1 fully saturated rings. The molecule has 0 saturated carbocycles. The summed E-state index contributed by atoms with van der Waals surface area (Å²) in [5, 5.41) is 2.82. The summed E-state index contributed by atoms with van der Waals surface area (Å²) in [5.74, 6) is 0.366. The van der Waals surface area contributed by atoms with Gasteiger partial charge in [0.25, 0.3) is 5.91 Å². The van der Waals surface area contributed by atoms with Gasteiger partial charge in [-0.1, -0.05) is 6.07 Å². The van der Waals surface area contributed by atoms with E-state index in [0.29, 0.717) is 18.5 Å². The third kappa shape index (κ3) is 3.56. The first-order valence-corrected chi connectivity index (χ1v) is 8.25. The average Bonchev–Trinajstić information content (AvgIpc) is 2.69. The lowest BCUT2D eigenvalue weighted by atomic mass is 10.1. The number of hydrogen-bond acceptors (Lipinski definition) is 3. The first kappa shape index (κ1) is 14.1. The van der Waals surface area contributed by atoms with Crippen LogP contribution in [0, 0.1) is 19.8 Å². The van der Waals surface area contributed by atoms with Crippen molar-refractivity contribution in [2.24, 2.45) is 5.92 Å². The van der Waals surface area contributed by atoms with Gasteiger partial charge >= 0.3 is 0 Å². The summed E-state index contributed by atoms with van der Waals surface area (Å²) in [5.41, 5.74) is 2.86. The van der Waals surface area contributed by atoms with Crippen molar-refractivity contribution >= 4 is 15.7 Å². The smallest absolute Gasteiger partial charge is 0.251 e. The highest BCUT2D eigenvalue weighted by Gasteiger charge is 2.27. The fourth-order valence-corrected chi connectivity index (χ4v) is 4.12. The van der Waals surface area contributed by atoms with Crippen LogP contribution in [0.3, 0.4) is 0 Å². The van der Waals surface area contributed by atoms with E-state index in [1.165, 1.54) is 0 Å². The monoisotopic (exact) mass is 281 g/mol. The summed E-state index contributed by atoms with van der Waals surface area (Å²) < 4.78 is 22.7. The van der Waals surface area contributed by atoms with Gasteiger partial charge in [0.1, 0.15) is 0 Å². The summed E-state index contributed by atoms with van der Waals surface area (Å²) >= 11 is 0. The van der Waals surface area contributed by atoms with Gasteiger partial charge < -0.3 is 5.32 Å². The van der Waals surface area contributed by atoms with Crippen LogP contribution >= 0.6 is 0 Å². The predicted octanol–water partition coefficient (Wildman–Crippen LogP) is 1.47. The molecule has 1 atom stereocenters. The van der Waals surface area contributed by atoms with Crippen molar-refractivity contribution in [3.8, 4) is 0 Å². The zero-order valence-corrected chi connectivity index (χ0v) is 12.1. The van der Waals surface area contributed by atoms with Gasteiger partial charge in [-0.15, -0.1) is 0 Å². The number of benzene rings is 1. The first-order valence-electron chi connectivity index (χ1n) is 6.43. The Morgan fingerprint density at radius 1 is 1.32 bits per heavy atom. The Balaban J connectivity index is 1.93. The van der Waals surface area contributed by atoms with Gasteiger partial charge in [-0.3, -0.25) is 4.79 Å². The summed E-state index contributed by atoms with van der Waals surface area (Å²) in [7, 11) is -2.87. The van der Waals surface area contributed by atoms with Crippen LogP contribution in [0.15, 0.2) is 18.2 Å². The molecule has 104 valence electrons. The molecule has 19 heavy (non-hydrogen) atoms. The zero-order chi connectivity index (χ0) is 14.0. The topological polar surface area (TPSA) is 63.2 Å². The fourth-order valence-electron chi connectivity index (χ4n) is 2.25. The number of aryl methyl sites for hydroxylation is 2. The Kier molecular flexibility index (Phi) is 3.94. The van der Waals surface area contributed by atoms with Crippen LogP contribution in [-0.2, 0) is 9.84 Å². The van der Waals surface area contributed by atoms with E-state index in [4.69, 9.17) is 0 Å². The predicted molar refractivity (Wildman–Crippen MR) is 75.0 cm³/mol. The van der Waals surface area contributed by atoms with Crippen molar-refractivity contribution in [2.45, 2.75) is 20.3 Å². The number of rotatable bonds is 3. The summed E-state index contributed by atoms with van der Waals surface area (Å²) in [6.45, 7) is 4.40. The van der Waals surface area contributed by atoms with Crippen LogP contribution in [-0.4, -0.2) is 32.4 Å². The molecule has 0 aromatic heterocycles. The number of hydrogen-bond donors (Lipinski definition) is 1. The quantitative estimate of drug-likeness (QED) is 0.912. The van der Waals surface area contributed by atoms with Crippen LogP contribution in [0.1, 0.15) is 27.9 Å². The minimum Gasteiger partial charge on any atom is -0.352 e. The van der Waals surface area contributed by atoms with E-state index < -0.39 is 9.84 Å². The fraction of sp³-hybridized carbons (Fsp3) is 0.500. The minimum atomic E-state index is -2.87. The molecule has 1 amide bonds. The second kappa shape index (κ2) is 5.33. The maximum atomic E-state index is 12.0. The van der Waals surface area contributed by atoms with Gasteiger partial charge in [0, 0.05) is 12.1 Å². The second-order valence-corrected chi connectivity index (χ2v) is 7.51. The van der Waals surface area contributed by atoms with E-state index in [-0.39, 0.29) is 23.3 Å². The lowest BCUT2D eigenvalue weighted by Gasteiger charge is -2.10. The number of carbonyl (C=O) groups excluding carboxylic acids is 1. The number of amides is 1. The van der Waals surface area contributed by atoms with Gasteiger partial charge in [-0.05, 0) is 49.4 Å². The van der Waals surface area contributed by atoms with Crippen molar-refractivity contribution in [2.75, 3.05) is 18.1 Å². The van der Waals surface area contributed by atoms with Crippen LogP contribution < -0.4 is 5.32 Å². The molecule has 4 nitrogen and oxygen atoms in total. The van der Waals surface area contributed by atoms with Gasteiger partial charge in [-0.2, -0.15) is 0 Å². The molecular formula is C14H19NO3S. The third-order valence-corrected chi connectivity index (χ3v) is 5.48. The molecule has 0 bridgehead atoms. The average molecular weight is 281 g/mol. The van der Waals surface area contributed by atoms with Crippen molar-refractivity contribution in [3.63, 3.8) is 0 Å². The summed E-state index contributed by atoms with van der Waals surface area (Å²) in [6.07, 6.45) is 0.648.